The minimum Gasteiger partial charge on any atom is -0.198 e. The van der Waals surface area contributed by atoms with Gasteiger partial charge in [0, 0.05) is 11.8 Å². The van der Waals surface area contributed by atoms with E-state index in [0.717, 1.165) is 19.3 Å². The lowest BCUT2D eigenvalue weighted by atomic mass is 9.81. The summed E-state index contributed by atoms with van der Waals surface area (Å²) in [4.78, 5) is 0. The second-order valence-corrected chi connectivity index (χ2v) is 4.13. The molecule has 0 heterocycles. The van der Waals surface area contributed by atoms with E-state index in [1.54, 1.807) is 0 Å². The smallest absolute Gasteiger partial charge is 0.0658 e. The lowest BCUT2D eigenvalue weighted by Gasteiger charge is -2.22. The number of fused-ring (bicyclic) bond motifs is 2. The average molecular weight is 160 g/mol. The van der Waals surface area contributed by atoms with Crippen molar-refractivity contribution in [1.29, 1.82) is 10.5 Å². The fraction of sp³-hybridized carbons (Fsp3) is 0.800. The van der Waals surface area contributed by atoms with Crippen LogP contribution in [0, 0.1) is 46.3 Å². The Bertz CT molecular complexity index is 256. The number of hydrogen-bond acceptors (Lipinski definition) is 2. The second kappa shape index (κ2) is 2.79. The summed E-state index contributed by atoms with van der Waals surface area (Å²) in [6.07, 6.45) is 4.28. The molecule has 2 nitrogen and oxygen atoms in total. The number of rotatable bonds is 0. The Morgan fingerprint density at radius 1 is 0.917 bits per heavy atom. The first-order valence-corrected chi connectivity index (χ1v) is 4.62. The van der Waals surface area contributed by atoms with E-state index in [4.69, 9.17) is 10.5 Å². The minimum absolute atomic E-state index is 0.243. The molecule has 2 heteroatoms. The van der Waals surface area contributed by atoms with Gasteiger partial charge in [0.25, 0.3) is 0 Å². The van der Waals surface area contributed by atoms with Crippen molar-refractivity contribution in [3.63, 3.8) is 0 Å². The van der Waals surface area contributed by atoms with Crippen LogP contribution in [0.15, 0.2) is 0 Å². The van der Waals surface area contributed by atoms with Gasteiger partial charge in [-0.05, 0) is 37.5 Å². The van der Waals surface area contributed by atoms with E-state index in [9.17, 15) is 0 Å². The maximum absolute atomic E-state index is 8.84. The van der Waals surface area contributed by atoms with Crippen molar-refractivity contribution in [3.05, 3.63) is 0 Å². The Morgan fingerprint density at radius 2 is 1.75 bits per heavy atom. The largest absolute Gasteiger partial charge is 0.198 e. The molecule has 2 rings (SSSR count). The van der Waals surface area contributed by atoms with E-state index < -0.39 is 0 Å². The zero-order valence-electron chi connectivity index (χ0n) is 7.03. The van der Waals surface area contributed by atoms with Crippen LogP contribution in [0.5, 0.6) is 0 Å². The Morgan fingerprint density at radius 3 is 2.42 bits per heavy atom. The zero-order chi connectivity index (χ0) is 8.55. The predicted molar refractivity (Wildman–Crippen MR) is 43.7 cm³/mol. The fourth-order valence-electron chi connectivity index (χ4n) is 2.82. The summed E-state index contributed by atoms with van der Waals surface area (Å²) in [7, 11) is 0. The average Bonchev–Trinajstić information content (AvgIpc) is 2.40. The van der Waals surface area contributed by atoms with Crippen LogP contribution in [0.3, 0.4) is 0 Å². The van der Waals surface area contributed by atoms with Crippen LogP contribution >= 0.6 is 0 Å². The number of nitrogens with zero attached hydrogens (tertiary/aromatic N) is 2. The molecule has 2 fully saturated rings. The van der Waals surface area contributed by atoms with Gasteiger partial charge in [-0.2, -0.15) is 10.5 Å². The van der Waals surface area contributed by atoms with Crippen LogP contribution in [-0.4, -0.2) is 0 Å². The molecule has 0 aromatic heterocycles. The van der Waals surface area contributed by atoms with Gasteiger partial charge in [0.05, 0.1) is 12.1 Å². The molecular formula is C10H12N2. The van der Waals surface area contributed by atoms with Crippen molar-refractivity contribution in [3.8, 4) is 12.1 Å². The third-order valence-electron chi connectivity index (χ3n) is 3.35. The van der Waals surface area contributed by atoms with Gasteiger partial charge in [-0.3, -0.25) is 0 Å². The van der Waals surface area contributed by atoms with Crippen LogP contribution in [0.4, 0.5) is 0 Å². The predicted octanol–water partition coefficient (Wildman–Crippen LogP) is 2.09. The van der Waals surface area contributed by atoms with E-state index in [1.165, 1.54) is 6.42 Å². The van der Waals surface area contributed by atoms with Crippen molar-refractivity contribution < 1.29 is 0 Å². The van der Waals surface area contributed by atoms with Crippen LogP contribution < -0.4 is 0 Å². The van der Waals surface area contributed by atoms with Crippen LogP contribution in [0.25, 0.3) is 0 Å². The summed E-state index contributed by atoms with van der Waals surface area (Å²) >= 11 is 0. The molecule has 0 aromatic rings. The molecule has 0 saturated heterocycles. The Kier molecular flexibility index (Phi) is 1.77. The zero-order valence-corrected chi connectivity index (χ0v) is 7.03. The number of nitriles is 2. The van der Waals surface area contributed by atoms with Crippen LogP contribution in [0.2, 0.25) is 0 Å². The molecule has 4 atom stereocenters. The topological polar surface area (TPSA) is 47.6 Å². The Balaban J connectivity index is 2.10. The molecule has 0 aliphatic heterocycles. The van der Waals surface area contributed by atoms with Crippen molar-refractivity contribution >= 4 is 0 Å². The van der Waals surface area contributed by atoms with E-state index in [-0.39, 0.29) is 11.8 Å². The summed E-state index contributed by atoms with van der Waals surface area (Å²) < 4.78 is 0. The van der Waals surface area contributed by atoms with Crippen molar-refractivity contribution in [2.24, 2.45) is 23.7 Å². The molecule has 12 heavy (non-hydrogen) atoms. The molecule has 0 spiro atoms. The first-order valence-electron chi connectivity index (χ1n) is 4.62. The lowest BCUT2D eigenvalue weighted by Crippen LogP contribution is -2.15. The van der Waals surface area contributed by atoms with E-state index >= 15 is 0 Å². The van der Waals surface area contributed by atoms with E-state index in [2.05, 4.69) is 12.1 Å². The third kappa shape index (κ3) is 1.08. The summed E-state index contributed by atoms with van der Waals surface area (Å²) in [5.41, 5.74) is 0. The van der Waals surface area contributed by atoms with Gasteiger partial charge in [0.15, 0.2) is 0 Å². The maximum atomic E-state index is 8.84. The van der Waals surface area contributed by atoms with Gasteiger partial charge in [0.2, 0.25) is 0 Å². The summed E-state index contributed by atoms with van der Waals surface area (Å²) in [6.45, 7) is 0. The second-order valence-electron chi connectivity index (χ2n) is 4.13. The molecule has 0 aromatic carbocycles. The lowest BCUT2D eigenvalue weighted by molar-refractivity contribution is 0.297. The fourth-order valence-corrected chi connectivity index (χ4v) is 2.82. The SMILES string of the molecule is N#CC1CC2CC(C#N)C(C1)C2. The molecule has 62 valence electrons. The molecule has 0 radical (unpaired) electrons. The van der Waals surface area contributed by atoms with Gasteiger partial charge in [-0.1, -0.05) is 0 Å². The Hall–Kier alpha value is -1.02. The van der Waals surface area contributed by atoms with E-state index in [1.807, 2.05) is 0 Å². The summed E-state index contributed by atoms with van der Waals surface area (Å²) in [6, 6.07) is 4.71. The minimum atomic E-state index is 0.243. The van der Waals surface area contributed by atoms with Crippen molar-refractivity contribution in [2.45, 2.75) is 25.7 Å². The first-order chi connectivity index (χ1) is 5.83. The normalized spacial score (nSPS) is 44.8. The quantitative estimate of drug-likeness (QED) is 0.544. The highest BCUT2D eigenvalue weighted by Crippen LogP contribution is 2.47. The first kappa shape index (κ1) is 7.62. The van der Waals surface area contributed by atoms with Crippen LogP contribution in [0.1, 0.15) is 25.7 Å². The molecular weight excluding hydrogens is 148 g/mol. The van der Waals surface area contributed by atoms with E-state index in [0.29, 0.717) is 11.8 Å². The highest BCUT2D eigenvalue weighted by atomic mass is 14.5. The number of hydrogen-bond donors (Lipinski definition) is 0. The van der Waals surface area contributed by atoms with Gasteiger partial charge in [0.1, 0.15) is 0 Å². The molecule has 4 unspecified atom stereocenters. The molecule has 2 aliphatic rings. The molecule has 0 N–H and O–H groups in total. The van der Waals surface area contributed by atoms with Gasteiger partial charge in [-0.25, -0.2) is 0 Å². The highest BCUT2D eigenvalue weighted by Gasteiger charge is 2.40. The van der Waals surface area contributed by atoms with Gasteiger partial charge < -0.3 is 0 Å². The summed E-state index contributed by atoms with van der Waals surface area (Å²) in [5, 5.41) is 17.6. The molecule has 2 bridgehead atoms. The van der Waals surface area contributed by atoms with Gasteiger partial charge in [-0.15, -0.1) is 0 Å². The monoisotopic (exact) mass is 160 g/mol. The highest BCUT2D eigenvalue weighted by molar-refractivity contribution is 5.03. The van der Waals surface area contributed by atoms with Gasteiger partial charge >= 0.3 is 0 Å². The maximum Gasteiger partial charge on any atom is 0.0658 e. The molecule has 0 amide bonds. The summed E-state index contributed by atoms with van der Waals surface area (Å²) in [5.74, 6) is 1.72. The third-order valence-corrected chi connectivity index (χ3v) is 3.35. The Labute approximate surface area is 72.8 Å². The van der Waals surface area contributed by atoms with Crippen LogP contribution in [-0.2, 0) is 0 Å². The van der Waals surface area contributed by atoms with Crippen molar-refractivity contribution in [1.82, 2.24) is 0 Å². The standard InChI is InChI=1S/C10H12N2/c11-5-8-1-7-2-9(4-8)10(3-7)6-12/h7-10H,1-4H2. The molecule has 2 aliphatic carbocycles. The van der Waals surface area contributed by atoms with Crippen molar-refractivity contribution in [2.75, 3.05) is 0 Å². The molecule has 2 saturated carbocycles.